The zero-order valence-electron chi connectivity index (χ0n) is 14.0. The first-order chi connectivity index (χ1) is 12.3. The van der Waals surface area contributed by atoms with Crippen LogP contribution in [-0.2, 0) is 28.9 Å². The molecule has 0 amide bonds. The predicted octanol–water partition coefficient (Wildman–Crippen LogP) is 1.75. The Balaban J connectivity index is 2.05. The fraction of sp³-hybridized carbons (Fsp3) is 0.312. The molecule has 0 saturated carbocycles. The van der Waals surface area contributed by atoms with Gasteiger partial charge in [0.15, 0.2) is 5.52 Å². The summed E-state index contributed by atoms with van der Waals surface area (Å²) in [6.07, 6.45) is 1.17. The van der Waals surface area contributed by atoms with Gasteiger partial charge in [0.25, 0.3) is 14.6 Å². The van der Waals surface area contributed by atoms with Gasteiger partial charge in [-0.3, -0.25) is 9.48 Å². The minimum Gasteiger partial charge on any atom is -0.492 e. The second kappa shape index (κ2) is 5.82. The summed E-state index contributed by atoms with van der Waals surface area (Å²) in [6, 6.07) is 2.87. The molecule has 0 unspecified atom stereocenters. The van der Waals surface area contributed by atoms with E-state index in [4.69, 9.17) is 15.4 Å². The normalized spacial score (nSPS) is 13.8. The van der Waals surface area contributed by atoms with E-state index in [0.29, 0.717) is 53.1 Å². The van der Waals surface area contributed by atoms with Crippen LogP contribution in [0.2, 0.25) is 0 Å². The number of H-pyrrole nitrogens is 1. The lowest BCUT2D eigenvalue weighted by Crippen LogP contribution is -2.12. The Morgan fingerprint density at radius 2 is 2.15 bits per heavy atom. The number of hydrogen-bond acceptors (Lipinski definition) is 6. The van der Waals surface area contributed by atoms with Gasteiger partial charge in [0.2, 0.25) is 0 Å². The fourth-order valence-electron chi connectivity index (χ4n) is 3.21. The molecule has 0 aliphatic carbocycles. The number of hydrogen-bond donors (Lipinski definition) is 1. The number of ether oxygens (including phenoxy) is 1. The van der Waals surface area contributed by atoms with E-state index in [9.17, 15) is 13.2 Å². The van der Waals surface area contributed by atoms with Crippen molar-refractivity contribution >= 4 is 30.8 Å². The summed E-state index contributed by atoms with van der Waals surface area (Å²) < 4.78 is 30.8. The van der Waals surface area contributed by atoms with E-state index in [2.05, 4.69) is 15.1 Å². The maximum absolute atomic E-state index is 12.6. The topological polar surface area (TPSA) is 107 Å². The quantitative estimate of drug-likeness (QED) is 0.678. The third-order valence-corrected chi connectivity index (χ3v) is 5.72. The Kier molecular flexibility index (Phi) is 3.81. The first-order valence-electron chi connectivity index (χ1n) is 8.00. The lowest BCUT2D eigenvalue weighted by atomic mass is 10.1. The molecule has 4 rings (SSSR count). The number of nitrogens with one attached hydrogen (secondary N) is 1. The van der Waals surface area contributed by atoms with E-state index in [0.717, 1.165) is 0 Å². The van der Waals surface area contributed by atoms with Crippen molar-refractivity contribution in [2.24, 2.45) is 7.05 Å². The highest BCUT2D eigenvalue weighted by atomic mass is 35.7. The third-order valence-electron chi connectivity index (χ3n) is 4.39. The van der Waals surface area contributed by atoms with Gasteiger partial charge in [-0.2, -0.15) is 5.10 Å². The zero-order valence-corrected chi connectivity index (χ0v) is 15.6. The third kappa shape index (κ3) is 2.58. The Morgan fingerprint density at radius 3 is 2.85 bits per heavy atom. The van der Waals surface area contributed by atoms with Crippen molar-refractivity contribution < 1.29 is 13.2 Å². The maximum Gasteiger partial charge on any atom is 0.277 e. The minimum absolute atomic E-state index is 0.0527. The van der Waals surface area contributed by atoms with Crippen molar-refractivity contribution in [2.75, 3.05) is 6.61 Å². The van der Waals surface area contributed by atoms with Gasteiger partial charge in [0.05, 0.1) is 22.8 Å². The number of aromatic nitrogens is 4. The Labute approximate surface area is 153 Å². The highest BCUT2D eigenvalue weighted by Gasteiger charge is 2.25. The minimum atomic E-state index is -3.94. The number of benzene rings is 1. The van der Waals surface area contributed by atoms with Crippen LogP contribution in [0, 0.1) is 0 Å². The van der Waals surface area contributed by atoms with E-state index in [1.807, 2.05) is 6.92 Å². The number of halogens is 1. The van der Waals surface area contributed by atoms with Crippen LogP contribution >= 0.6 is 10.7 Å². The summed E-state index contributed by atoms with van der Waals surface area (Å²) in [4.78, 5) is 19.8. The molecule has 1 aliphatic heterocycles. The first kappa shape index (κ1) is 17.0. The summed E-state index contributed by atoms with van der Waals surface area (Å²) in [5.74, 6) is 0.740. The predicted molar refractivity (Wildman–Crippen MR) is 96.2 cm³/mol. The highest BCUT2D eigenvalue weighted by Crippen LogP contribution is 2.38. The van der Waals surface area contributed by atoms with Gasteiger partial charge in [-0.25, -0.2) is 13.4 Å². The Morgan fingerprint density at radius 1 is 1.38 bits per heavy atom. The van der Waals surface area contributed by atoms with Crippen molar-refractivity contribution in [1.82, 2.24) is 19.7 Å². The number of aromatic amines is 1. The summed E-state index contributed by atoms with van der Waals surface area (Å²) in [6.45, 7) is 2.35. The van der Waals surface area contributed by atoms with Crippen molar-refractivity contribution in [3.63, 3.8) is 0 Å². The molecule has 0 radical (unpaired) electrons. The van der Waals surface area contributed by atoms with Crippen LogP contribution in [-0.4, -0.2) is 34.8 Å². The molecule has 0 saturated heterocycles. The molecule has 0 bridgehead atoms. The monoisotopic (exact) mass is 394 g/mol. The molecule has 0 atom stereocenters. The molecule has 0 spiro atoms. The van der Waals surface area contributed by atoms with Crippen LogP contribution in [0.5, 0.6) is 5.75 Å². The number of nitrogens with zero attached hydrogens (tertiary/aromatic N) is 3. The molecule has 1 aromatic carbocycles. The smallest absolute Gasteiger partial charge is 0.277 e. The SMILES string of the molecule is CCc1nn(C)c2c(=O)[nH]c(-c3cc(S(=O)(=O)Cl)cc4c3OCC4)nc12. The van der Waals surface area contributed by atoms with Crippen LogP contribution in [0.25, 0.3) is 22.4 Å². The highest BCUT2D eigenvalue weighted by molar-refractivity contribution is 8.13. The van der Waals surface area contributed by atoms with Crippen LogP contribution in [0.1, 0.15) is 18.2 Å². The van der Waals surface area contributed by atoms with Gasteiger partial charge < -0.3 is 9.72 Å². The molecule has 1 aliphatic rings. The number of fused-ring (bicyclic) bond motifs is 2. The van der Waals surface area contributed by atoms with Crippen molar-refractivity contribution in [2.45, 2.75) is 24.7 Å². The van der Waals surface area contributed by atoms with Crippen LogP contribution in [0.15, 0.2) is 21.8 Å². The molecule has 1 N–H and O–H groups in total. The molecular weight excluding hydrogens is 380 g/mol. The molecule has 3 aromatic rings. The summed E-state index contributed by atoms with van der Waals surface area (Å²) in [7, 11) is 3.27. The van der Waals surface area contributed by atoms with E-state index < -0.39 is 9.05 Å². The van der Waals surface area contributed by atoms with Crippen molar-refractivity contribution in [3.8, 4) is 17.1 Å². The number of rotatable bonds is 3. The maximum atomic E-state index is 12.6. The molecule has 8 nitrogen and oxygen atoms in total. The van der Waals surface area contributed by atoms with E-state index in [-0.39, 0.29) is 16.3 Å². The molecule has 3 heterocycles. The lowest BCUT2D eigenvalue weighted by molar-refractivity contribution is 0.358. The Hall–Kier alpha value is -2.39. The van der Waals surface area contributed by atoms with E-state index >= 15 is 0 Å². The molecule has 2 aromatic heterocycles. The average molecular weight is 395 g/mol. The largest absolute Gasteiger partial charge is 0.492 e. The van der Waals surface area contributed by atoms with Crippen molar-refractivity contribution in [3.05, 3.63) is 33.7 Å². The number of aryl methyl sites for hydroxylation is 2. The van der Waals surface area contributed by atoms with Gasteiger partial charge >= 0.3 is 0 Å². The van der Waals surface area contributed by atoms with Gasteiger partial charge in [-0.15, -0.1) is 0 Å². The second-order valence-electron chi connectivity index (χ2n) is 6.03. The van der Waals surface area contributed by atoms with Crippen LogP contribution < -0.4 is 10.3 Å². The standard InChI is InChI=1S/C16H15ClN4O4S/c1-3-11-12-13(21(2)20-11)16(22)19-15(18-12)10-7-9(26(17,23)24)6-8-4-5-25-14(8)10/h6-7H,3-5H2,1-2H3,(H,18,19,22). The lowest BCUT2D eigenvalue weighted by Gasteiger charge is -2.09. The van der Waals surface area contributed by atoms with Gasteiger partial charge in [0.1, 0.15) is 17.1 Å². The van der Waals surface area contributed by atoms with E-state index in [1.54, 1.807) is 7.05 Å². The van der Waals surface area contributed by atoms with Gasteiger partial charge in [-0.05, 0) is 24.1 Å². The zero-order chi connectivity index (χ0) is 18.6. The Bertz CT molecular complexity index is 1210. The van der Waals surface area contributed by atoms with Crippen molar-refractivity contribution in [1.29, 1.82) is 0 Å². The second-order valence-corrected chi connectivity index (χ2v) is 8.60. The van der Waals surface area contributed by atoms with Gasteiger partial charge in [0, 0.05) is 24.2 Å². The van der Waals surface area contributed by atoms with Crippen LogP contribution in [0.4, 0.5) is 0 Å². The molecule has 10 heteroatoms. The average Bonchev–Trinajstić information content (AvgIpc) is 3.17. The molecule has 0 fully saturated rings. The fourth-order valence-corrected chi connectivity index (χ4v) is 4.02. The summed E-state index contributed by atoms with van der Waals surface area (Å²) >= 11 is 0. The summed E-state index contributed by atoms with van der Waals surface area (Å²) in [5.41, 5.74) is 2.29. The molecule has 26 heavy (non-hydrogen) atoms. The first-order valence-corrected chi connectivity index (χ1v) is 10.3. The summed E-state index contributed by atoms with van der Waals surface area (Å²) in [5, 5.41) is 4.32. The van der Waals surface area contributed by atoms with E-state index in [1.165, 1.54) is 16.8 Å². The molecule has 136 valence electrons. The van der Waals surface area contributed by atoms with Crippen LogP contribution in [0.3, 0.4) is 0 Å². The molecular formula is C16H15ClN4O4S. The van der Waals surface area contributed by atoms with Gasteiger partial charge in [-0.1, -0.05) is 6.92 Å².